The first kappa shape index (κ1) is 18.2. The lowest BCUT2D eigenvalue weighted by Gasteiger charge is -2.21. The SMILES string of the molecule is O=C(CN1CCC[C@H]1CO)Nc1cc(C2CCCC2)nn1-c1ccccc1. The molecule has 6 heteroatoms. The van der Waals surface area contributed by atoms with Crippen LogP contribution in [0.15, 0.2) is 36.4 Å². The van der Waals surface area contributed by atoms with E-state index >= 15 is 0 Å². The molecule has 2 N–H and O–H groups in total. The van der Waals surface area contributed by atoms with Crippen molar-refractivity contribution < 1.29 is 9.90 Å². The average molecular weight is 368 g/mol. The minimum atomic E-state index is -0.0506. The van der Waals surface area contributed by atoms with Crippen molar-refractivity contribution >= 4 is 11.7 Å². The zero-order valence-electron chi connectivity index (χ0n) is 15.7. The van der Waals surface area contributed by atoms with Crippen LogP contribution in [0.4, 0.5) is 5.82 Å². The summed E-state index contributed by atoms with van der Waals surface area (Å²) in [6.07, 6.45) is 6.84. The zero-order chi connectivity index (χ0) is 18.6. The fourth-order valence-corrected chi connectivity index (χ4v) is 4.35. The normalized spacial score (nSPS) is 21.0. The topological polar surface area (TPSA) is 70.4 Å². The summed E-state index contributed by atoms with van der Waals surface area (Å²) in [5.74, 6) is 1.17. The van der Waals surface area contributed by atoms with Crippen LogP contribution < -0.4 is 5.32 Å². The largest absolute Gasteiger partial charge is 0.395 e. The van der Waals surface area contributed by atoms with Crippen LogP contribution in [0.1, 0.15) is 50.1 Å². The summed E-state index contributed by atoms with van der Waals surface area (Å²) >= 11 is 0. The number of aliphatic hydroxyl groups excluding tert-OH is 1. The Morgan fingerprint density at radius 2 is 1.93 bits per heavy atom. The fraction of sp³-hybridized carbons (Fsp3) is 0.524. The van der Waals surface area contributed by atoms with E-state index in [0.717, 1.165) is 36.6 Å². The van der Waals surface area contributed by atoms with Crippen molar-refractivity contribution in [1.29, 1.82) is 0 Å². The standard InChI is InChI=1S/C21H28N4O2/c26-15-18-11-6-12-24(18)14-21(27)22-20-13-19(16-7-4-5-8-16)23-25(20)17-9-2-1-3-10-17/h1-3,9-10,13,16,18,26H,4-8,11-12,14-15H2,(H,22,27)/t18-/m0/s1. The molecule has 2 heterocycles. The Hall–Kier alpha value is -2.18. The summed E-state index contributed by atoms with van der Waals surface area (Å²) in [5, 5.41) is 17.4. The Morgan fingerprint density at radius 1 is 1.15 bits per heavy atom. The lowest BCUT2D eigenvalue weighted by molar-refractivity contribution is -0.117. The molecule has 2 fully saturated rings. The summed E-state index contributed by atoms with van der Waals surface area (Å²) < 4.78 is 1.85. The van der Waals surface area contributed by atoms with Gasteiger partial charge in [-0.2, -0.15) is 5.10 Å². The molecule has 4 rings (SSSR count). The molecule has 1 aromatic carbocycles. The van der Waals surface area contributed by atoms with E-state index < -0.39 is 0 Å². The van der Waals surface area contributed by atoms with E-state index in [0.29, 0.717) is 12.5 Å². The summed E-state index contributed by atoms with van der Waals surface area (Å²) in [7, 11) is 0. The third kappa shape index (κ3) is 4.06. The number of hydrogen-bond acceptors (Lipinski definition) is 4. The van der Waals surface area contributed by atoms with Crippen molar-refractivity contribution in [2.45, 2.75) is 50.5 Å². The van der Waals surface area contributed by atoms with Gasteiger partial charge in [-0.25, -0.2) is 4.68 Å². The summed E-state index contributed by atoms with van der Waals surface area (Å²) in [6, 6.07) is 12.1. The Bertz CT molecular complexity index is 768. The molecule has 6 nitrogen and oxygen atoms in total. The molecule has 1 aromatic heterocycles. The number of benzene rings is 1. The predicted octanol–water partition coefficient (Wildman–Crippen LogP) is 2.93. The number of aliphatic hydroxyl groups is 1. The minimum absolute atomic E-state index is 0.0506. The number of nitrogens with one attached hydrogen (secondary N) is 1. The van der Waals surface area contributed by atoms with Crippen LogP contribution in [0.5, 0.6) is 0 Å². The molecule has 1 saturated heterocycles. The first-order valence-corrected chi connectivity index (χ1v) is 10.0. The van der Waals surface area contributed by atoms with Gasteiger partial charge in [0.15, 0.2) is 0 Å². The third-order valence-electron chi connectivity index (χ3n) is 5.83. The quantitative estimate of drug-likeness (QED) is 0.822. The van der Waals surface area contributed by atoms with Gasteiger partial charge in [-0.3, -0.25) is 9.69 Å². The Labute approximate surface area is 160 Å². The van der Waals surface area contributed by atoms with Crippen molar-refractivity contribution in [3.05, 3.63) is 42.1 Å². The lowest BCUT2D eigenvalue weighted by atomic mass is 10.0. The number of nitrogens with zero attached hydrogens (tertiary/aromatic N) is 3. The second-order valence-electron chi connectivity index (χ2n) is 7.68. The first-order valence-electron chi connectivity index (χ1n) is 10.0. The molecule has 0 bridgehead atoms. The van der Waals surface area contributed by atoms with Crippen LogP contribution in [0, 0.1) is 0 Å². The number of carbonyl (C=O) groups is 1. The van der Waals surface area contributed by atoms with Crippen molar-refractivity contribution in [2.75, 3.05) is 25.0 Å². The molecule has 0 spiro atoms. The fourth-order valence-electron chi connectivity index (χ4n) is 4.35. The van der Waals surface area contributed by atoms with Gasteiger partial charge in [0.05, 0.1) is 24.5 Å². The summed E-state index contributed by atoms with van der Waals surface area (Å²) in [4.78, 5) is 14.7. The van der Waals surface area contributed by atoms with E-state index in [2.05, 4.69) is 10.2 Å². The van der Waals surface area contributed by atoms with Crippen LogP contribution in [0.2, 0.25) is 0 Å². The number of rotatable bonds is 6. The average Bonchev–Trinajstić information content (AvgIpc) is 3.43. The highest BCUT2D eigenvalue weighted by atomic mass is 16.3. The number of para-hydroxylation sites is 1. The van der Waals surface area contributed by atoms with Gasteiger partial charge < -0.3 is 10.4 Å². The summed E-state index contributed by atoms with van der Waals surface area (Å²) in [5.41, 5.74) is 2.02. The molecule has 0 unspecified atom stereocenters. The molecule has 0 radical (unpaired) electrons. The minimum Gasteiger partial charge on any atom is -0.395 e. The van der Waals surface area contributed by atoms with Gasteiger partial charge in [0.1, 0.15) is 5.82 Å². The van der Waals surface area contributed by atoms with Crippen molar-refractivity contribution in [3.8, 4) is 5.69 Å². The number of aromatic nitrogens is 2. The maximum atomic E-state index is 12.7. The molecule has 1 amide bonds. The van der Waals surface area contributed by atoms with Gasteiger partial charge in [-0.15, -0.1) is 0 Å². The molecule has 144 valence electrons. The van der Waals surface area contributed by atoms with Crippen LogP contribution >= 0.6 is 0 Å². The van der Waals surface area contributed by atoms with Crippen molar-refractivity contribution in [3.63, 3.8) is 0 Å². The Morgan fingerprint density at radius 3 is 2.67 bits per heavy atom. The maximum Gasteiger partial charge on any atom is 0.239 e. The van der Waals surface area contributed by atoms with E-state index in [1.54, 1.807) is 0 Å². The van der Waals surface area contributed by atoms with Crippen LogP contribution in [-0.4, -0.2) is 51.4 Å². The van der Waals surface area contributed by atoms with Crippen molar-refractivity contribution in [1.82, 2.24) is 14.7 Å². The lowest BCUT2D eigenvalue weighted by Crippen LogP contribution is -2.38. The second kappa shape index (κ2) is 8.23. The monoisotopic (exact) mass is 368 g/mol. The van der Waals surface area contributed by atoms with E-state index in [4.69, 9.17) is 5.10 Å². The molecule has 1 atom stereocenters. The predicted molar refractivity (Wildman–Crippen MR) is 105 cm³/mol. The van der Waals surface area contributed by atoms with Crippen LogP contribution in [0.25, 0.3) is 5.69 Å². The molecule has 1 saturated carbocycles. The van der Waals surface area contributed by atoms with E-state index in [-0.39, 0.29) is 18.6 Å². The van der Waals surface area contributed by atoms with Gasteiger partial charge in [0, 0.05) is 18.0 Å². The first-order chi connectivity index (χ1) is 13.2. The number of hydrogen-bond donors (Lipinski definition) is 2. The van der Waals surface area contributed by atoms with Gasteiger partial charge in [-0.1, -0.05) is 31.0 Å². The molecule has 27 heavy (non-hydrogen) atoms. The summed E-state index contributed by atoms with van der Waals surface area (Å²) in [6.45, 7) is 1.29. The number of amides is 1. The zero-order valence-corrected chi connectivity index (χ0v) is 15.7. The van der Waals surface area contributed by atoms with Gasteiger partial charge in [0.25, 0.3) is 0 Å². The van der Waals surface area contributed by atoms with Crippen molar-refractivity contribution in [2.24, 2.45) is 0 Å². The Kier molecular flexibility index (Phi) is 5.55. The molecular weight excluding hydrogens is 340 g/mol. The maximum absolute atomic E-state index is 12.7. The van der Waals surface area contributed by atoms with Crippen LogP contribution in [-0.2, 0) is 4.79 Å². The molecule has 2 aliphatic rings. The number of anilines is 1. The van der Waals surface area contributed by atoms with E-state index in [1.807, 2.05) is 41.1 Å². The number of carbonyl (C=O) groups excluding carboxylic acids is 1. The highest BCUT2D eigenvalue weighted by molar-refractivity contribution is 5.91. The molecule has 1 aliphatic heterocycles. The molecular formula is C21H28N4O2. The van der Waals surface area contributed by atoms with E-state index in [9.17, 15) is 9.90 Å². The molecule has 2 aromatic rings. The number of likely N-dealkylation sites (tertiary alicyclic amines) is 1. The smallest absolute Gasteiger partial charge is 0.239 e. The van der Waals surface area contributed by atoms with Gasteiger partial charge in [-0.05, 0) is 44.4 Å². The highest BCUT2D eigenvalue weighted by Crippen LogP contribution is 2.35. The molecule has 1 aliphatic carbocycles. The highest BCUT2D eigenvalue weighted by Gasteiger charge is 2.27. The second-order valence-corrected chi connectivity index (χ2v) is 7.68. The van der Waals surface area contributed by atoms with Gasteiger partial charge >= 0.3 is 0 Å². The van der Waals surface area contributed by atoms with E-state index in [1.165, 1.54) is 25.7 Å². The van der Waals surface area contributed by atoms with Crippen LogP contribution in [0.3, 0.4) is 0 Å². The van der Waals surface area contributed by atoms with Gasteiger partial charge in [0.2, 0.25) is 5.91 Å². The Balaban J connectivity index is 1.54. The third-order valence-corrected chi connectivity index (χ3v) is 5.83.